The molecule has 1 N–H and O–H groups in total. The Morgan fingerprint density at radius 3 is 2.37 bits per heavy atom. The predicted octanol–water partition coefficient (Wildman–Crippen LogP) is 5.79. The third kappa shape index (κ3) is 7.73. The smallest absolute Gasteiger partial charge is 0.387 e. The lowest BCUT2D eigenvalue weighted by Crippen LogP contribution is -2.45. The molecule has 1 aliphatic rings. The zero-order valence-corrected chi connectivity index (χ0v) is 26.8. The summed E-state index contributed by atoms with van der Waals surface area (Å²) in [4.78, 5) is 32.7. The van der Waals surface area contributed by atoms with Crippen LogP contribution in [0.4, 0.5) is 14.7 Å². The summed E-state index contributed by atoms with van der Waals surface area (Å²) in [6, 6.07) is 12.5. The van der Waals surface area contributed by atoms with Gasteiger partial charge >= 0.3 is 6.61 Å². The van der Waals surface area contributed by atoms with Gasteiger partial charge in [0.05, 0.1) is 35.6 Å². The van der Waals surface area contributed by atoms with Crippen molar-refractivity contribution in [1.29, 1.82) is 0 Å². The number of carbonyl (C=O) groups excluding carboxylic acids is 1. The maximum absolute atomic E-state index is 14.2. The van der Waals surface area contributed by atoms with Crippen LogP contribution >= 0.6 is 0 Å². The van der Waals surface area contributed by atoms with Crippen molar-refractivity contribution in [3.05, 3.63) is 83.4 Å². The largest absolute Gasteiger partial charge is 0.475 e. The van der Waals surface area contributed by atoms with Crippen molar-refractivity contribution < 1.29 is 31.5 Å². The van der Waals surface area contributed by atoms with Gasteiger partial charge in [0.15, 0.2) is 5.75 Å². The van der Waals surface area contributed by atoms with Gasteiger partial charge in [-0.3, -0.25) is 4.79 Å². The summed E-state index contributed by atoms with van der Waals surface area (Å²) < 4.78 is 65.5. The Morgan fingerprint density at radius 1 is 1.04 bits per heavy atom. The number of halogens is 2. The van der Waals surface area contributed by atoms with Crippen LogP contribution in [0.25, 0.3) is 11.3 Å². The second-order valence-corrected chi connectivity index (χ2v) is 13.9. The summed E-state index contributed by atoms with van der Waals surface area (Å²) >= 11 is 0. The van der Waals surface area contributed by atoms with E-state index in [1.807, 2.05) is 52.8 Å². The molecule has 0 saturated carbocycles. The number of nitrogens with one attached hydrogen (secondary N) is 1. The summed E-state index contributed by atoms with van der Waals surface area (Å²) in [5, 5.41) is 0. The van der Waals surface area contributed by atoms with E-state index in [-0.39, 0.29) is 52.4 Å². The summed E-state index contributed by atoms with van der Waals surface area (Å²) in [5.74, 6) is -0.651. The number of hydrogen-bond acceptors (Lipinski definition) is 9. The Balaban J connectivity index is 1.64. The van der Waals surface area contributed by atoms with Crippen molar-refractivity contribution in [2.24, 2.45) is 5.41 Å². The van der Waals surface area contributed by atoms with Crippen LogP contribution in [0.1, 0.15) is 54.5 Å². The van der Waals surface area contributed by atoms with Crippen LogP contribution < -0.4 is 14.2 Å². The van der Waals surface area contributed by atoms with Crippen LogP contribution in [0.2, 0.25) is 0 Å². The zero-order chi connectivity index (χ0) is 33.2. The molecule has 0 unspecified atom stereocenters. The molecule has 5 rings (SSSR count). The van der Waals surface area contributed by atoms with E-state index in [4.69, 9.17) is 4.74 Å². The van der Waals surface area contributed by atoms with Gasteiger partial charge in [0.25, 0.3) is 15.9 Å². The molecule has 0 fully saturated rings. The second-order valence-electron chi connectivity index (χ2n) is 12.2. The molecule has 0 aliphatic carbocycles. The van der Waals surface area contributed by atoms with Gasteiger partial charge in [-0.05, 0) is 55.0 Å². The van der Waals surface area contributed by atoms with Gasteiger partial charge in [0.1, 0.15) is 12.4 Å². The lowest BCUT2D eigenvalue weighted by Gasteiger charge is -2.35. The lowest BCUT2D eigenvalue weighted by molar-refractivity contribution is -0.0503. The van der Waals surface area contributed by atoms with Gasteiger partial charge in [-0.15, -0.1) is 0 Å². The molecule has 0 saturated heterocycles. The fourth-order valence-electron chi connectivity index (χ4n) is 5.29. The van der Waals surface area contributed by atoms with Gasteiger partial charge in [-0.25, -0.2) is 28.1 Å². The predicted molar refractivity (Wildman–Crippen MR) is 166 cm³/mol. The highest BCUT2D eigenvalue weighted by Gasteiger charge is 2.32. The third-order valence-electron chi connectivity index (χ3n) is 7.25. The highest BCUT2D eigenvalue weighted by Crippen LogP contribution is 2.31. The normalized spacial score (nSPS) is 16.5. The quantitative estimate of drug-likeness (QED) is 0.274. The molecule has 2 aromatic heterocycles. The number of alkyl halides is 2. The van der Waals surface area contributed by atoms with Crippen molar-refractivity contribution in [2.75, 3.05) is 11.3 Å². The number of anilines is 1. The first-order chi connectivity index (χ1) is 21.7. The number of sulfonamides is 1. The Bertz CT molecular complexity index is 1830. The van der Waals surface area contributed by atoms with Crippen LogP contribution in [0.15, 0.2) is 65.8 Å². The zero-order valence-electron chi connectivity index (χ0n) is 26.0. The van der Waals surface area contributed by atoms with E-state index >= 15 is 0 Å². The first kappa shape index (κ1) is 32.7. The number of aryl methyl sites for hydroxylation is 2. The molecule has 0 spiro atoms. The molecule has 1 amide bonds. The fraction of sp³-hybridized carbons (Fsp3) is 0.344. The summed E-state index contributed by atoms with van der Waals surface area (Å²) in [6.45, 7) is 6.72. The molecule has 2 aromatic carbocycles. The number of ether oxygens (including phenoxy) is 2. The van der Waals surface area contributed by atoms with Crippen molar-refractivity contribution in [3.63, 3.8) is 0 Å². The van der Waals surface area contributed by atoms with Crippen molar-refractivity contribution >= 4 is 21.9 Å². The Kier molecular flexibility index (Phi) is 9.20. The number of fused-ring (bicyclic) bond motifs is 4. The van der Waals surface area contributed by atoms with Crippen LogP contribution in [-0.4, -0.2) is 58.4 Å². The molecule has 11 nitrogen and oxygen atoms in total. The second kappa shape index (κ2) is 12.9. The molecule has 3 heterocycles. The van der Waals surface area contributed by atoms with E-state index < -0.39 is 28.6 Å². The minimum absolute atomic E-state index is 0.0231. The number of rotatable bonds is 6. The summed E-state index contributed by atoms with van der Waals surface area (Å²) in [7, 11) is -4.24. The van der Waals surface area contributed by atoms with Gasteiger partial charge in [-0.1, -0.05) is 45.0 Å². The SMILES string of the molecule is Cc1cccc(C)c1-c1cc2nc(n1)NS(=O)(=O)c1cccc(c1)C(=O)N(Cc1ncc(OC(F)F)cn1)[C@H](CC(C)(C)C)CO2. The van der Waals surface area contributed by atoms with Crippen molar-refractivity contribution in [2.45, 2.75) is 65.1 Å². The van der Waals surface area contributed by atoms with Crippen LogP contribution in [0, 0.1) is 19.3 Å². The Labute approximate surface area is 266 Å². The average Bonchev–Trinajstić information content (AvgIpc) is 2.97. The highest BCUT2D eigenvalue weighted by atomic mass is 32.2. The van der Waals surface area contributed by atoms with Gasteiger partial charge in [0.2, 0.25) is 11.8 Å². The van der Waals surface area contributed by atoms with E-state index in [9.17, 15) is 22.0 Å². The Hall–Kier alpha value is -4.72. The molecule has 242 valence electrons. The van der Waals surface area contributed by atoms with E-state index in [0.717, 1.165) is 29.1 Å². The first-order valence-corrected chi connectivity index (χ1v) is 15.9. The van der Waals surface area contributed by atoms with E-state index in [1.54, 1.807) is 6.07 Å². The maximum atomic E-state index is 14.2. The molecule has 4 bridgehead atoms. The van der Waals surface area contributed by atoms with E-state index in [1.165, 1.54) is 29.2 Å². The highest BCUT2D eigenvalue weighted by molar-refractivity contribution is 7.92. The van der Waals surface area contributed by atoms with Gasteiger partial charge in [0, 0.05) is 17.2 Å². The van der Waals surface area contributed by atoms with E-state index in [0.29, 0.717) is 12.1 Å². The number of aromatic nitrogens is 4. The fourth-order valence-corrected chi connectivity index (χ4v) is 6.28. The number of nitrogens with zero attached hydrogens (tertiary/aromatic N) is 5. The topological polar surface area (TPSA) is 136 Å². The van der Waals surface area contributed by atoms with Crippen molar-refractivity contribution in [1.82, 2.24) is 24.8 Å². The van der Waals surface area contributed by atoms with Crippen LogP contribution in [-0.2, 0) is 16.6 Å². The number of carbonyl (C=O) groups is 1. The molecule has 4 aromatic rings. The average molecular weight is 653 g/mol. The standard InChI is InChI=1S/C32H34F2N6O5S/c1-19-8-6-9-20(2)28(19)25-13-27-38-31(37-25)39-46(42,43)24-11-7-10-21(12-24)29(41)40(22(18-44-27)14-32(3,4)5)17-26-35-15-23(16-36-26)45-30(33)34/h6-13,15-16,22,30H,14,17-18H2,1-5H3,(H,37,38,39)/t22-/m1/s1. The molecule has 46 heavy (non-hydrogen) atoms. The van der Waals surface area contributed by atoms with E-state index in [2.05, 4.69) is 29.4 Å². The molecule has 1 atom stereocenters. The van der Waals surface area contributed by atoms with Crippen molar-refractivity contribution in [3.8, 4) is 22.9 Å². The minimum Gasteiger partial charge on any atom is -0.475 e. The van der Waals surface area contributed by atoms with Crippen LogP contribution in [0.5, 0.6) is 11.6 Å². The third-order valence-corrected chi connectivity index (χ3v) is 8.57. The van der Waals surface area contributed by atoms with Gasteiger partial charge in [-0.2, -0.15) is 13.8 Å². The monoisotopic (exact) mass is 652 g/mol. The Morgan fingerprint density at radius 2 is 1.72 bits per heavy atom. The summed E-state index contributed by atoms with van der Waals surface area (Å²) in [5.41, 5.74) is 2.93. The maximum Gasteiger partial charge on any atom is 0.387 e. The molecule has 14 heteroatoms. The molecular weight excluding hydrogens is 618 g/mol. The number of hydrogen-bond donors (Lipinski definition) is 1. The van der Waals surface area contributed by atoms with Crippen LogP contribution in [0.3, 0.4) is 0 Å². The molecule has 1 aliphatic heterocycles. The number of amides is 1. The molecule has 0 radical (unpaired) electrons. The number of benzene rings is 2. The minimum atomic E-state index is -4.24. The summed E-state index contributed by atoms with van der Waals surface area (Å²) in [6.07, 6.45) is 2.67. The van der Waals surface area contributed by atoms with Gasteiger partial charge < -0.3 is 14.4 Å². The lowest BCUT2D eigenvalue weighted by atomic mass is 9.87. The molecular formula is C32H34F2N6O5S. The first-order valence-electron chi connectivity index (χ1n) is 14.5.